The second-order valence-electron chi connectivity index (χ2n) is 2.18. The summed E-state index contributed by atoms with van der Waals surface area (Å²) < 4.78 is 3.44. The van der Waals surface area contributed by atoms with Crippen LogP contribution in [0.1, 0.15) is 10.5 Å². The van der Waals surface area contributed by atoms with Crippen LogP contribution in [0.2, 0.25) is 0 Å². The Hall–Kier alpha value is -0.430. The van der Waals surface area contributed by atoms with E-state index in [0.29, 0.717) is 5.69 Å². The molecule has 0 fully saturated rings. The van der Waals surface area contributed by atoms with Crippen LogP contribution in [0.25, 0.3) is 0 Å². The SMILES string of the molecule is NC(=O)c1cc2c(cn1)SC=I2. The number of rotatable bonds is 1. The lowest BCUT2D eigenvalue weighted by molar-refractivity contribution is 0.0995. The molecule has 2 N–H and O–H groups in total. The van der Waals surface area contributed by atoms with E-state index in [1.165, 1.54) is 8.47 Å². The number of carbonyl (C=O) groups is 1. The van der Waals surface area contributed by atoms with Crippen molar-refractivity contribution in [1.29, 1.82) is 0 Å². The summed E-state index contributed by atoms with van der Waals surface area (Å²) in [6.07, 6.45) is 1.73. The lowest BCUT2D eigenvalue weighted by Gasteiger charge is -1.97. The second-order valence-corrected chi connectivity index (χ2v) is 6.34. The fourth-order valence-electron chi connectivity index (χ4n) is 0.843. The number of hydrogen-bond acceptors (Lipinski definition) is 3. The minimum atomic E-state index is -0.446. The van der Waals surface area contributed by atoms with Gasteiger partial charge in [0, 0.05) is 18.0 Å². The first kappa shape index (κ1) is 8.18. The van der Waals surface area contributed by atoms with Crippen molar-refractivity contribution < 1.29 is 4.79 Å². The molecule has 0 atom stereocenters. The maximum atomic E-state index is 10.8. The third-order valence-corrected chi connectivity index (χ3v) is 5.62. The average Bonchev–Trinajstić information content (AvgIpc) is 2.49. The van der Waals surface area contributed by atoms with Gasteiger partial charge in [0.05, 0.1) is 0 Å². The summed E-state index contributed by atoms with van der Waals surface area (Å²) in [5.74, 6) is -0.446. The van der Waals surface area contributed by atoms with Crippen LogP contribution in [0.15, 0.2) is 17.2 Å². The van der Waals surface area contributed by atoms with Crippen LogP contribution in [0.5, 0.6) is 0 Å². The number of thioether (sulfide) groups is 1. The van der Waals surface area contributed by atoms with E-state index in [4.69, 9.17) is 5.73 Å². The molecule has 0 aliphatic carbocycles. The van der Waals surface area contributed by atoms with Crippen LogP contribution in [-0.4, -0.2) is 14.2 Å². The number of nitrogens with zero attached hydrogens (tertiary/aromatic N) is 1. The van der Waals surface area contributed by atoms with Gasteiger partial charge in [0.25, 0.3) is 5.91 Å². The molecule has 0 saturated carbocycles. The Bertz CT molecular complexity index is 378. The molecule has 0 spiro atoms. The maximum Gasteiger partial charge on any atom is 0.267 e. The van der Waals surface area contributed by atoms with Crippen LogP contribution in [0.4, 0.5) is 0 Å². The molecule has 1 aliphatic rings. The number of hydrogen-bond donors (Lipinski definition) is 1. The van der Waals surface area contributed by atoms with Crippen LogP contribution in [-0.2, 0) is 0 Å². The molecule has 12 heavy (non-hydrogen) atoms. The van der Waals surface area contributed by atoms with Gasteiger partial charge in [-0.1, -0.05) is 32.5 Å². The Balaban J connectivity index is 2.51. The van der Waals surface area contributed by atoms with Crippen molar-refractivity contribution >= 4 is 41.7 Å². The highest BCUT2D eigenvalue weighted by atomic mass is 127. The molecule has 2 heterocycles. The summed E-state index contributed by atoms with van der Waals surface area (Å²) in [6, 6.07) is 1.81. The molecule has 0 bridgehead atoms. The van der Waals surface area contributed by atoms with Gasteiger partial charge < -0.3 is 5.73 Å². The molecule has 0 radical (unpaired) electrons. The van der Waals surface area contributed by atoms with Crippen molar-refractivity contribution in [3.63, 3.8) is 0 Å². The topological polar surface area (TPSA) is 56.0 Å². The van der Waals surface area contributed by atoms with Gasteiger partial charge in [0.15, 0.2) is 0 Å². The first-order valence-corrected chi connectivity index (χ1v) is 6.39. The van der Waals surface area contributed by atoms with Gasteiger partial charge in [-0.15, -0.1) is 0 Å². The molecule has 0 unspecified atom stereocenters. The predicted molar refractivity (Wildman–Crippen MR) is 57.4 cm³/mol. The number of fused-ring (bicyclic) bond motifs is 1. The summed E-state index contributed by atoms with van der Waals surface area (Å²) in [5, 5.41) is 0. The number of nitrogens with two attached hydrogens (primary N) is 1. The van der Waals surface area contributed by atoms with E-state index in [9.17, 15) is 4.79 Å². The van der Waals surface area contributed by atoms with Crippen LogP contribution in [0.3, 0.4) is 0 Å². The van der Waals surface area contributed by atoms with E-state index >= 15 is 0 Å². The minimum Gasteiger partial charge on any atom is -0.364 e. The third kappa shape index (κ3) is 1.38. The predicted octanol–water partition coefficient (Wildman–Crippen LogP) is 1.19. The van der Waals surface area contributed by atoms with Crippen molar-refractivity contribution in [3.05, 3.63) is 21.5 Å². The zero-order valence-corrected chi connectivity index (χ0v) is 8.93. The number of primary amides is 1. The largest absolute Gasteiger partial charge is 0.364 e. The van der Waals surface area contributed by atoms with Gasteiger partial charge in [0.1, 0.15) is 5.69 Å². The molecule has 2 rings (SSSR count). The first-order valence-electron chi connectivity index (χ1n) is 3.19. The molecule has 0 aromatic carbocycles. The van der Waals surface area contributed by atoms with Crippen LogP contribution in [0, 0.1) is 3.57 Å². The summed E-state index contributed by atoms with van der Waals surface area (Å²) >= 11 is 1.67. The smallest absolute Gasteiger partial charge is 0.267 e. The molecule has 0 saturated heterocycles. The van der Waals surface area contributed by atoms with E-state index in [-0.39, 0.29) is 20.7 Å². The zero-order chi connectivity index (χ0) is 8.55. The van der Waals surface area contributed by atoms with Crippen molar-refractivity contribution in [2.24, 2.45) is 5.73 Å². The Kier molecular flexibility index (Phi) is 2.14. The summed E-state index contributed by atoms with van der Waals surface area (Å²) in [4.78, 5) is 15.9. The number of halogens is 1. The maximum absolute atomic E-state index is 10.8. The van der Waals surface area contributed by atoms with Crippen molar-refractivity contribution in [2.45, 2.75) is 4.90 Å². The molecule has 1 aromatic heterocycles. The van der Waals surface area contributed by atoms with Gasteiger partial charge in [-0.3, -0.25) is 4.79 Å². The van der Waals surface area contributed by atoms with Gasteiger partial charge >= 0.3 is 0 Å². The number of amides is 1. The Morgan fingerprint density at radius 1 is 1.67 bits per heavy atom. The lowest BCUT2D eigenvalue weighted by Crippen LogP contribution is -2.13. The van der Waals surface area contributed by atoms with Gasteiger partial charge in [0.2, 0.25) is 0 Å². The summed E-state index contributed by atoms with van der Waals surface area (Å²) in [7, 11) is 0. The monoisotopic (exact) mass is 292 g/mol. The highest BCUT2D eigenvalue weighted by Crippen LogP contribution is 2.33. The average molecular weight is 292 g/mol. The molecule has 3 nitrogen and oxygen atoms in total. The van der Waals surface area contributed by atoms with Gasteiger partial charge in [-0.25, -0.2) is 4.98 Å². The highest BCUT2D eigenvalue weighted by Gasteiger charge is 2.10. The van der Waals surface area contributed by atoms with Crippen molar-refractivity contribution in [3.8, 4) is 0 Å². The Morgan fingerprint density at radius 3 is 3.25 bits per heavy atom. The second kappa shape index (κ2) is 3.14. The minimum absolute atomic E-state index is 0.0296. The fourth-order valence-corrected chi connectivity index (χ4v) is 4.99. The Labute approximate surface area is 83.5 Å². The van der Waals surface area contributed by atoms with E-state index in [1.807, 2.05) is 0 Å². The van der Waals surface area contributed by atoms with Crippen LogP contribution < -0.4 is 5.73 Å². The van der Waals surface area contributed by atoms with E-state index in [2.05, 4.69) is 8.33 Å². The third-order valence-electron chi connectivity index (χ3n) is 1.41. The number of aromatic nitrogens is 1. The normalized spacial score (nSPS) is 13.7. The highest BCUT2D eigenvalue weighted by molar-refractivity contribution is 14.2. The fraction of sp³-hybridized carbons (Fsp3) is 0. The van der Waals surface area contributed by atoms with Gasteiger partial charge in [-0.05, 0) is 6.07 Å². The standard InChI is InChI=1S/C7H5IN2OS/c9-7(11)5-1-4-6(2-10-5)12-3-8-4/h1-3H,(H2,9,11). The molecule has 1 aliphatic heterocycles. The van der Waals surface area contributed by atoms with E-state index < -0.39 is 5.91 Å². The first-order chi connectivity index (χ1) is 5.77. The molecule has 1 amide bonds. The van der Waals surface area contributed by atoms with E-state index in [0.717, 1.165) is 0 Å². The zero-order valence-electron chi connectivity index (χ0n) is 5.95. The lowest BCUT2D eigenvalue weighted by atomic mass is 10.3. The quantitative estimate of drug-likeness (QED) is 0.791. The Morgan fingerprint density at radius 2 is 2.50 bits per heavy atom. The molecule has 5 heteroatoms. The summed E-state index contributed by atoms with van der Waals surface area (Å²) in [5.41, 5.74) is 5.48. The van der Waals surface area contributed by atoms with Crippen LogP contribution >= 0.6 is 32.5 Å². The molecular weight excluding hydrogens is 287 g/mol. The van der Waals surface area contributed by atoms with Crippen molar-refractivity contribution in [2.75, 3.05) is 0 Å². The van der Waals surface area contributed by atoms with Gasteiger partial charge in [-0.2, -0.15) is 0 Å². The van der Waals surface area contributed by atoms with E-state index in [1.54, 1.807) is 24.0 Å². The van der Waals surface area contributed by atoms with Crippen molar-refractivity contribution in [1.82, 2.24) is 4.98 Å². The molecule has 1 aromatic rings. The number of carbonyl (C=O) groups excluding carboxylic acids is 1. The molecular formula is C7H5IN2OS. The number of pyridine rings is 1. The summed E-state index contributed by atoms with van der Waals surface area (Å²) in [6.45, 7) is 0. The molecule has 62 valence electrons.